The van der Waals surface area contributed by atoms with Gasteiger partial charge in [0, 0.05) is 32.2 Å². The number of aryl methyl sites for hydroxylation is 1. The Morgan fingerprint density at radius 2 is 2.17 bits per heavy atom. The summed E-state index contributed by atoms with van der Waals surface area (Å²) in [6.45, 7) is 5.81. The molecule has 4 nitrogen and oxygen atoms in total. The van der Waals surface area contributed by atoms with Gasteiger partial charge in [-0.1, -0.05) is 12.1 Å². The number of aliphatic hydroxyl groups is 1. The van der Waals surface area contributed by atoms with E-state index in [0.717, 1.165) is 18.7 Å². The summed E-state index contributed by atoms with van der Waals surface area (Å²) in [6, 6.07) is 8.22. The normalized spacial score (nSPS) is 10.2. The summed E-state index contributed by atoms with van der Waals surface area (Å²) in [7, 11) is 0. The van der Waals surface area contributed by atoms with E-state index in [-0.39, 0.29) is 12.5 Å². The van der Waals surface area contributed by atoms with Gasteiger partial charge in [0.1, 0.15) is 0 Å². The van der Waals surface area contributed by atoms with Crippen molar-refractivity contribution in [2.75, 3.05) is 31.1 Å². The summed E-state index contributed by atoms with van der Waals surface area (Å²) in [5.41, 5.74) is 2.32. The summed E-state index contributed by atoms with van der Waals surface area (Å²) in [5.74, 6) is -0.000682. The van der Waals surface area contributed by atoms with Crippen molar-refractivity contribution >= 4 is 11.6 Å². The maximum absolute atomic E-state index is 10.8. The van der Waals surface area contributed by atoms with Crippen molar-refractivity contribution in [3.05, 3.63) is 29.8 Å². The molecule has 0 atom stereocenters. The molecule has 0 heterocycles. The fraction of sp³-hybridized carbons (Fsp3) is 0.500. The van der Waals surface area contributed by atoms with Crippen LogP contribution in [0.15, 0.2) is 24.3 Å². The monoisotopic (exact) mass is 250 g/mol. The Morgan fingerprint density at radius 1 is 1.39 bits per heavy atom. The van der Waals surface area contributed by atoms with Gasteiger partial charge >= 0.3 is 0 Å². The third kappa shape index (κ3) is 5.19. The van der Waals surface area contributed by atoms with E-state index >= 15 is 0 Å². The first-order chi connectivity index (χ1) is 8.63. The van der Waals surface area contributed by atoms with Crippen LogP contribution in [0.3, 0.4) is 0 Å². The lowest BCUT2D eigenvalue weighted by Gasteiger charge is -2.24. The fourth-order valence-electron chi connectivity index (χ4n) is 1.85. The zero-order valence-electron chi connectivity index (χ0n) is 11.1. The number of amides is 1. The molecule has 0 bridgehead atoms. The van der Waals surface area contributed by atoms with E-state index in [4.69, 9.17) is 5.11 Å². The van der Waals surface area contributed by atoms with Crippen molar-refractivity contribution in [1.29, 1.82) is 0 Å². The van der Waals surface area contributed by atoms with E-state index in [0.29, 0.717) is 13.1 Å². The van der Waals surface area contributed by atoms with Gasteiger partial charge in [-0.3, -0.25) is 4.79 Å². The summed E-state index contributed by atoms with van der Waals surface area (Å²) >= 11 is 0. The minimum atomic E-state index is -0.000682. The number of rotatable bonds is 7. The maximum atomic E-state index is 10.8. The van der Waals surface area contributed by atoms with Crippen molar-refractivity contribution in [3.8, 4) is 0 Å². The highest BCUT2D eigenvalue weighted by atomic mass is 16.3. The molecule has 1 aromatic rings. The molecule has 18 heavy (non-hydrogen) atoms. The lowest BCUT2D eigenvalue weighted by atomic mass is 10.2. The van der Waals surface area contributed by atoms with E-state index in [9.17, 15) is 4.79 Å². The standard InChI is InChI=1S/C14H22N2O2/c1-12-5-3-6-14(11-12)16(9-10-17)8-4-7-15-13(2)18/h3,5-6,11,17H,4,7-10H2,1-2H3,(H,15,18). The molecule has 1 rings (SSSR count). The van der Waals surface area contributed by atoms with Crippen molar-refractivity contribution < 1.29 is 9.90 Å². The van der Waals surface area contributed by atoms with Crippen LogP contribution in [-0.4, -0.2) is 37.3 Å². The van der Waals surface area contributed by atoms with Crippen LogP contribution in [0.4, 0.5) is 5.69 Å². The number of hydrogen-bond acceptors (Lipinski definition) is 3. The second kappa shape index (κ2) is 7.71. The average Bonchev–Trinajstić information content (AvgIpc) is 2.33. The minimum absolute atomic E-state index is 0.000682. The lowest BCUT2D eigenvalue weighted by Crippen LogP contribution is -2.31. The van der Waals surface area contributed by atoms with Gasteiger partial charge in [0.05, 0.1) is 6.61 Å². The predicted octanol–water partition coefficient (Wildman–Crippen LogP) is 1.32. The van der Waals surface area contributed by atoms with Gasteiger partial charge in [-0.05, 0) is 31.0 Å². The Labute approximate surface area is 109 Å². The number of anilines is 1. The summed E-state index contributed by atoms with van der Waals surface area (Å²) in [4.78, 5) is 12.9. The van der Waals surface area contributed by atoms with E-state index in [1.807, 2.05) is 12.1 Å². The second-order valence-corrected chi connectivity index (χ2v) is 4.39. The largest absolute Gasteiger partial charge is 0.395 e. The molecule has 4 heteroatoms. The topological polar surface area (TPSA) is 52.6 Å². The van der Waals surface area contributed by atoms with Crippen LogP contribution in [0, 0.1) is 6.92 Å². The minimum Gasteiger partial charge on any atom is -0.395 e. The first-order valence-corrected chi connectivity index (χ1v) is 6.30. The van der Waals surface area contributed by atoms with Gasteiger partial charge < -0.3 is 15.3 Å². The average molecular weight is 250 g/mol. The third-order valence-corrected chi connectivity index (χ3v) is 2.72. The van der Waals surface area contributed by atoms with Crippen molar-refractivity contribution in [1.82, 2.24) is 5.32 Å². The molecule has 0 aromatic heterocycles. The fourth-order valence-corrected chi connectivity index (χ4v) is 1.85. The molecule has 0 saturated carbocycles. The quantitative estimate of drug-likeness (QED) is 0.718. The SMILES string of the molecule is CC(=O)NCCCN(CCO)c1cccc(C)c1. The Kier molecular flexibility index (Phi) is 6.22. The van der Waals surface area contributed by atoms with Gasteiger partial charge in [-0.2, -0.15) is 0 Å². The van der Waals surface area contributed by atoms with E-state index < -0.39 is 0 Å². The number of nitrogens with zero attached hydrogens (tertiary/aromatic N) is 1. The zero-order chi connectivity index (χ0) is 13.4. The van der Waals surface area contributed by atoms with E-state index in [2.05, 4.69) is 29.3 Å². The molecule has 0 aliphatic heterocycles. The molecule has 0 aliphatic carbocycles. The first-order valence-electron chi connectivity index (χ1n) is 6.30. The summed E-state index contributed by atoms with van der Waals surface area (Å²) < 4.78 is 0. The second-order valence-electron chi connectivity index (χ2n) is 4.39. The highest BCUT2D eigenvalue weighted by Gasteiger charge is 2.05. The number of carbonyl (C=O) groups is 1. The Bertz CT molecular complexity index is 380. The molecular formula is C14H22N2O2. The number of aliphatic hydroxyl groups excluding tert-OH is 1. The number of nitrogens with one attached hydrogen (secondary N) is 1. The number of carbonyl (C=O) groups excluding carboxylic acids is 1. The Balaban J connectivity index is 2.51. The van der Waals surface area contributed by atoms with Crippen molar-refractivity contribution in [3.63, 3.8) is 0 Å². The molecule has 0 saturated heterocycles. The van der Waals surface area contributed by atoms with Gasteiger partial charge in [-0.25, -0.2) is 0 Å². The molecule has 2 N–H and O–H groups in total. The van der Waals surface area contributed by atoms with Gasteiger partial charge in [0.15, 0.2) is 0 Å². The van der Waals surface area contributed by atoms with Crippen LogP contribution >= 0.6 is 0 Å². The smallest absolute Gasteiger partial charge is 0.216 e. The molecule has 0 radical (unpaired) electrons. The highest BCUT2D eigenvalue weighted by molar-refractivity contribution is 5.72. The molecule has 100 valence electrons. The van der Waals surface area contributed by atoms with Crippen molar-refractivity contribution in [2.45, 2.75) is 20.3 Å². The maximum Gasteiger partial charge on any atom is 0.216 e. The summed E-state index contributed by atoms with van der Waals surface area (Å²) in [6.07, 6.45) is 0.869. The van der Waals surface area contributed by atoms with Crippen LogP contribution < -0.4 is 10.2 Å². The van der Waals surface area contributed by atoms with Gasteiger partial charge in [-0.15, -0.1) is 0 Å². The van der Waals surface area contributed by atoms with Crippen LogP contribution in [0.1, 0.15) is 18.9 Å². The van der Waals surface area contributed by atoms with Crippen LogP contribution in [0.5, 0.6) is 0 Å². The van der Waals surface area contributed by atoms with E-state index in [1.165, 1.54) is 12.5 Å². The van der Waals surface area contributed by atoms with Crippen molar-refractivity contribution in [2.24, 2.45) is 0 Å². The molecular weight excluding hydrogens is 228 g/mol. The molecule has 0 unspecified atom stereocenters. The number of benzene rings is 1. The Morgan fingerprint density at radius 3 is 2.78 bits per heavy atom. The third-order valence-electron chi connectivity index (χ3n) is 2.72. The first kappa shape index (κ1) is 14.5. The Hall–Kier alpha value is -1.55. The molecule has 0 spiro atoms. The molecule has 0 fully saturated rings. The van der Waals surface area contributed by atoms with E-state index in [1.54, 1.807) is 0 Å². The zero-order valence-corrected chi connectivity index (χ0v) is 11.1. The molecule has 0 aliphatic rings. The predicted molar refractivity (Wildman–Crippen MR) is 73.8 cm³/mol. The molecule has 1 aromatic carbocycles. The highest BCUT2D eigenvalue weighted by Crippen LogP contribution is 2.15. The number of hydrogen-bond donors (Lipinski definition) is 2. The van der Waals surface area contributed by atoms with Crippen LogP contribution in [0.2, 0.25) is 0 Å². The lowest BCUT2D eigenvalue weighted by molar-refractivity contribution is -0.118. The molecule has 1 amide bonds. The van der Waals surface area contributed by atoms with Gasteiger partial charge in [0.25, 0.3) is 0 Å². The van der Waals surface area contributed by atoms with Crippen LogP contribution in [0.25, 0.3) is 0 Å². The van der Waals surface area contributed by atoms with Crippen LogP contribution in [-0.2, 0) is 4.79 Å². The summed E-state index contributed by atoms with van der Waals surface area (Å²) in [5, 5.41) is 11.9. The van der Waals surface area contributed by atoms with Gasteiger partial charge in [0.2, 0.25) is 5.91 Å².